The zero-order chi connectivity index (χ0) is 14.7. The maximum Gasteiger partial charge on any atom is 0.253 e. The van der Waals surface area contributed by atoms with Crippen LogP contribution in [0.2, 0.25) is 0 Å². The SMILES string of the molecule is CN1CCC(NC(=O)c2cc(N)ccc2N(C)C)CC1. The number of nitrogens with one attached hydrogen (secondary N) is 1. The summed E-state index contributed by atoms with van der Waals surface area (Å²) in [4.78, 5) is 16.7. The molecule has 0 spiro atoms. The quantitative estimate of drug-likeness (QED) is 0.813. The molecular formula is C15H24N4O. The molecule has 1 aliphatic rings. The van der Waals surface area contributed by atoms with Gasteiger partial charge < -0.3 is 20.9 Å². The molecule has 0 atom stereocenters. The van der Waals surface area contributed by atoms with E-state index in [4.69, 9.17) is 5.73 Å². The zero-order valence-electron chi connectivity index (χ0n) is 12.5. The predicted molar refractivity (Wildman–Crippen MR) is 83.2 cm³/mol. The van der Waals surface area contributed by atoms with Crippen molar-refractivity contribution in [1.29, 1.82) is 0 Å². The summed E-state index contributed by atoms with van der Waals surface area (Å²) in [6.45, 7) is 2.06. The minimum Gasteiger partial charge on any atom is -0.399 e. The Morgan fingerprint density at radius 1 is 1.35 bits per heavy atom. The summed E-state index contributed by atoms with van der Waals surface area (Å²) in [7, 11) is 5.97. The van der Waals surface area contributed by atoms with Gasteiger partial charge in [-0.15, -0.1) is 0 Å². The fraction of sp³-hybridized carbons (Fsp3) is 0.533. The minimum absolute atomic E-state index is 0.0319. The molecule has 0 unspecified atom stereocenters. The molecule has 1 fully saturated rings. The van der Waals surface area contributed by atoms with E-state index in [0.29, 0.717) is 11.3 Å². The van der Waals surface area contributed by atoms with Crippen molar-refractivity contribution in [2.24, 2.45) is 0 Å². The number of nitrogen functional groups attached to an aromatic ring is 1. The van der Waals surface area contributed by atoms with Gasteiger partial charge in [0.05, 0.1) is 5.56 Å². The average molecular weight is 276 g/mol. The van der Waals surface area contributed by atoms with Gasteiger partial charge in [-0.25, -0.2) is 0 Å². The number of hydrogen-bond donors (Lipinski definition) is 2. The first-order valence-corrected chi connectivity index (χ1v) is 7.03. The van der Waals surface area contributed by atoms with Crippen LogP contribution in [0.3, 0.4) is 0 Å². The van der Waals surface area contributed by atoms with Crippen molar-refractivity contribution in [2.45, 2.75) is 18.9 Å². The molecule has 2 rings (SSSR count). The number of likely N-dealkylation sites (tertiary alicyclic amines) is 1. The molecule has 0 bridgehead atoms. The van der Waals surface area contributed by atoms with Crippen LogP contribution >= 0.6 is 0 Å². The molecule has 1 aliphatic heterocycles. The standard InChI is InChI=1S/C15H24N4O/c1-18(2)14-5-4-11(16)10-13(14)15(20)17-12-6-8-19(3)9-7-12/h4-5,10,12H,6-9,16H2,1-3H3,(H,17,20). The minimum atomic E-state index is -0.0319. The summed E-state index contributed by atoms with van der Waals surface area (Å²) < 4.78 is 0. The maximum absolute atomic E-state index is 12.5. The highest BCUT2D eigenvalue weighted by atomic mass is 16.1. The summed E-state index contributed by atoms with van der Waals surface area (Å²) in [5.74, 6) is -0.0319. The molecule has 0 radical (unpaired) electrons. The third-order valence-corrected chi connectivity index (χ3v) is 3.80. The maximum atomic E-state index is 12.5. The largest absolute Gasteiger partial charge is 0.399 e. The second-order valence-corrected chi connectivity index (χ2v) is 5.72. The molecule has 0 aliphatic carbocycles. The fourth-order valence-electron chi connectivity index (χ4n) is 2.54. The van der Waals surface area contributed by atoms with E-state index in [1.165, 1.54) is 0 Å². The second kappa shape index (κ2) is 6.13. The van der Waals surface area contributed by atoms with Gasteiger partial charge in [0, 0.05) is 31.5 Å². The summed E-state index contributed by atoms with van der Waals surface area (Å²) in [6.07, 6.45) is 2.00. The lowest BCUT2D eigenvalue weighted by molar-refractivity contribution is 0.0917. The van der Waals surface area contributed by atoms with Gasteiger partial charge in [0.1, 0.15) is 0 Å². The number of anilines is 2. The number of nitrogens with zero attached hydrogens (tertiary/aromatic N) is 2. The third kappa shape index (κ3) is 3.42. The number of carbonyl (C=O) groups excluding carboxylic acids is 1. The summed E-state index contributed by atoms with van der Waals surface area (Å²) >= 11 is 0. The Bertz CT molecular complexity index is 479. The van der Waals surface area contributed by atoms with E-state index < -0.39 is 0 Å². The van der Waals surface area contributed by atoms with Crippen LogP contribution in [0.1, 0.15) is 23.2 Å². The van der Waals surface area contributed by atoms with Crippen molar-refractivity contribution in [2.75, 3.05) is 44.9 Å². The Morgan fingerprint density at radius 2 is 2.00 bits per heavy atom. The summed E-state index contributed by atoms with van der Waals surface area (Å²) in [5.41, 5.74) is 7.97. The number of benzene rings is 1. The first-order chi connectivity index (χ1) is 9.47. The summed E-state index contributed by atoms with van der Waals surface area (Å²) in [6, 6.07) is 5.72. The Kier molecular flexibility index (Phi) is 4.49. The number of rotatable bonds is 3. The van der Waals surface area contributed by atoms with Gasteiger partial charge in [-0.3, -0.25) is 4.79 Å². The van der Waals surface area contributed by atoms with Gasteiger partial charge in [-0.05, 0) is 51.2 Å². The van der Waals surface area contributed by atoms with E-state index in [1.54, 1.807) is 6.07 Å². The van der Waals surface area contributed by atoms with Crippen molar-refractivity contribution in [3.05, 3.63) is 23.8 Å². The van der Waals surface area contributed by atoms with Crippen molar-refractivity contribution in [3.63, 3.8) is 0 Å². The molecule has 1 amide bonds. The van der Waals surface area contributed by atoms with E-state index in [2.05, 4.69) is 17.3 Å². The van der Waals surface area contributed by atoms with Crippen LogP contribution in [0, 0.1) is 0 Å². The number of carbonyl (C=O) groups is 1. The van der Waals surface area contributed by atoms with E-state index in [-0.39, 0.29) is 11.9 Å². The van der Waals surface area contributed by atoms with E-state index in [9.17, 15) is 4.79 Å². The van der Waals surface area contributed by atoms with Crippen LogP contribution in [0.4, 0.5) is 11.4 Å². The highest BCUT2D eigenvalue weighted by Crippen LogP contribution is 2.22. The normalized spacial score (nSPS) is 16.9. The van der Waals surface area contributed by atoms with E-state index >= 15 is 0 Å². The van der Waals surface area contributed by atoms with Crippen molar-refractivity contribution >= 4 is 17.3 Å². The van der Waals surface area contributed by atoms with Gasteiger partial charge in [-0.2, -0.15) is 0 Å². The molecule has 1 heterocycles. The topological polar surface area (TPSA) is 61.6 Å². The van der Waals surface area contributed by atoms with Crippen molar-refractivity contribution in [3.8, 4) is 0 Å². The lowest BCUT2D eigenvalue weighted by atomic mass is 10.0. The monoisotopic (exact) mass is 276 g/mol. The first-order valence-electron chi connectivity index (χ1n) is 7.03. The zero-order valence-corrected chi connectivity index (χ0v) is 12.5. The van der Waals surface area contributed by atoms with Crippen LogP contribution in [0.5, 0.6) is 0 Å². The van der Waals surface area contributed by atoms with E-state index in [1.807, 2.05) is 31.1 Å². The Labute approximate surface area is 120 Å². The Hall–Kier alpha value is -1.75. The van der Waals surface area contributed by atoms with E-state index in [0.717, 1.165) is 31.6 Å². The first kappa shape index (κ1) is 14.7. The van der Waals surface area contributed by atoms with Crippen LogP contribution < -0.4 is 16.0 Å². The molecule has 20 heavy (non-hydrogen) atoms. The highest BCUT2D eigenvalue weighted by molar-refractivity contribution is 6.00. The number of nitrogens with two attached hydrogens (primary N) is 1. The molecule has 1 saturated heterocycles. The third-order valence-electron chi connectivity index (χ3n) is 3.80. The lowest BCUT2D eigenvalue weighted by Crippen LogP contribution is -2.43. The van der Waals surface area contributed by atoms with Crippen molar-refractivity contribution in [1.82, 2.24) is 10.2 Å². The molecule has 5 heteroatoms. The van der Waals surface area contributed by atoms with Crippen LogP contribution in [0.25, 0.3) is 0 Å². The van der Waals surface area contributed by atoms with Crippen LogP contribution in [0.15, 0.2) is 18.2 Å². The molecular weight excluding hydrogens is 252 g/mol. The van der Waals surface area contributed by atoms with Crippen molar-refractivity contribution < 1.29 is 4.79 Å². The Morgan fingerprint density at radius 3 is 2.60 bits per heavy atom. The molecule has 1 aromatic rings. The fourth-order valence-corrected chi connectivity index (χ4v) is 2.54. The predicted octanol–water partition coefficient (Wildman–Crippen LogP) is 1.16. The number of piperidine rings is 1. The van der Waals surface area contributed by atoms with Gasteiger partial charge in [0.2, 0.25) is 0 Å². The molecule has 0 saturated carbocycles. The molecule has 110 valence electrons. The van der Waals surface area contributed by atoms with Gasteiger partial charge in [-0.1, -0.05) is 0 Å². The molecule has 5 nitrogen and oxygen atoms in total. The van der Waals surface area contributed by atoms with Gasteiger partial charge >= 0.3 is 0 Å². The second-order valence-electron chi connectivity index (χ2n) is 5.72. The van der Waals surface area contributed by atoms with Gasteiger partial charge in [0.25, 0.3) is 5.91 Å². The smallest absolute Gasteiger partial charge is 0.253 e. The Balaban J connectivity index is 2.10. The number of amides is 1. The highest BCUT2D eigenvalue weighted by Gasteiger charge is 2.21. The van der Waals surface area contributed by atoms with Crippen LogP contribution in [-0.2, 0) is 0 Å². The summed E-state index contributed by atoms with van der Waals surface area (Å²) in [5, 5.41) is 3.13. The number of hydrogen-bond acceptors (Lipinski definition) is 4. The molecule has 1 aromatic carbocycles. The van der Waals surface area contributed by atoms with Gasteiger partial charge in [0.15, 0.2) is 0 Å². The average Bonchev–Trinajstić information content (AvgIpc) is 2.41. The molecule has 3 N–H and O–H groups in total. The lowest BCUT2D eigenvalue weighted by Gasteiger charge is -2.30. The van der Waals surface area contributed by atoms with Crippen LogP contribution in [-0.4, -0.2) is 51.1 Å². The molecule has 0 aromatic heterocycles.